The number of nitrogen functional groups attached to an aromatic ring is 1. The van der Waals surface area contributed by atoms with Gasteiger partial charge in [-0.2, -0.15) is 0 Å². The molecule has 0 aliphatic carbocycles. The van der Waals surface area contributed by atoms with Gasteiger partial charge in [0.05, 0.1) is 12.1 Å². The first-order chi connectivity index (χ1) is 7.72. The van der Waals surface area contributed by atoms with Gasteiger partial charge >= 0.3 is 0 Å². The average Bonchev–Trinajstić information content (AvgIpc) is 2.33. The van der Waals surface area contributed by atoms with Crippen LogP contribution in [0.5, 0.6) is 0 Å². The summed E-state index contributed by atoms with van der Waals surface area (Å²) in [5.74, 6) is 0. The molecule has 84 valence electrons. The fourth-order valence-corrected chi connectivity index (χ4v) is 2.45. The summed E-state index contributed by atoms with van der Waals surface area (Å²) in [6, 6.07) is 7.69. The van der Waals surface area contributed by atoms with Gasteiger partial charge in [0.2, 0.25) is 0 Å². The highest BCUT2D eigenvalue weighted by Crippen LogP contribution is 2.31. The van der Waals surface area contributed by atoms with Crippen molar-refractivity contribution >= 4 is 28.4 Å². The number of rotatable bonds is 3. The number of hydrogen-bond donors (Lipinski definition) is 2. The predicted octanol–water partition coefficient (Wildman–Crippen LogP) is 2.29. The van der Waals surface area contributed by atoms with Crippen molar-refractivity contribution in [2.45, 2.75) is 17.1 Å². The third-order valence-electron chi connectivity index (χ3n) is 2.35. The largest absolute Gasteiger partial charge is 0.398 e. The third kappa shape index (κ3) is 2.13. The highest BCUT2D eigenvalue weighted by atomic mass is 32.2. The van der Waals surface area contributed by atoms with Crippen LogP contribution >= 0.6 is 11.8 Å². The minimum atomic E-state index is 0.156. The Morgan fingerprint density at radius 2 is 2.25 bits per heavy atom. The van der Waals surface area contributed by atoms with Crippen LogP contribution in [0, 0.1) is 0 Å². The quantitative estimate of drug-likeness (QED) is 0.632. The van der Waals surface area contributed by atoms with Crippen LogP contribution in [0.25, 0.3) is 10.9 Å². The molecule has 3 N–H and O–H groups in total. The van der Waals surface area contributed by atoms with Crippen molar-refractivity contribution in [3.05, 3.63) is 30.5 Å². The second kappa shape index (κ2) is 4.72. The molecule has 3 nitrogen and oxygen atoms in total. The van der Waals surface area contributed by atoms with E-state index in [-0.39, 0.29) is 11.9 Å². The summed E-state index contributed by atoms with van der Waals surface area (Å²) in [4.78, 5) is 5.41. The van der Waals surface area contributed by atoms with Crippen molar-refractivity contribution < 1.29 is 5.11 Å². The van der Waals surface area contributed by atoms with Gasteiger partial charge in [0.15, 0.2) is 0 Å². The number of aromatic nitrogens is 1. The van der Waals surface area contributed by atoms with Gasteiger partial charge in [-0.05, 0) is 24.3 Å². The van der Waals surface area contributed by atoms with Crippen molar-refractivity contribution in [1.82, 2.24) is 4.98 Å². The molecule has 2 rings (SSSR count). The van der Waals surface area contributed by atoms with E-state index in [1.807, 2.05) is 31.2 Å². The monoisotopic (exact) mass is 234 g/mol. The molecule has 1 atom stereocenters. The van der Waals surface area contributed by atoms with Crippen LogP contribution in [0.4, 0.5) is 5.69 Å². The molecule has 1 aromatic heterocycles. The number of benzene rings is 1. The van der Waals surface area contributed by atoms with Gasteiger partial charge in [0.25, 0.3) is 0 Å². The van der Waals surface area contributed by atoms with E-state index in [0.29, 0.717) is 0 Å². The van der Waals surface area contributed by atoms with Crippen molar-refractivity contribution in [3.63, 3.8) is 0 Å². The normalized spacial score (nSPS) is 12.9. The fourth-order valence-electron chi connectivity index (χ4n) is 1.52. The van der Waals surface area contributed by atoms with E-state index in [1.165, 1.54) is 0 Å². The first-order valence-electron chi connectivity index (χ1n) is 5.13. The molecule has 2 aromatic rings. The standard InChI is InChI=1S/C12H14N2OS/c1-8(7-15)16-11-5-4-10(13)9-3-2-6-14-12(9)11/h2-6,8,15H,7,13H2,1H3. The topological polar surface area (TPSA) is 59.1 Å². The van der Waals surface area contributed by atoms with Crippen LogP contribution in [-0.4, -0.2) is 21.9 Å². The average molecular weight is 234 g/mol. The molecule has 0 radical (unpaired) electrons. The van der Waals surface area contributed by atoms with E-state index in [2.05, 4.69) is 4.98 Å². The zero-order valence-corrected chi connectivity index (χ0v) is 9.87. The summed E-state index contributed by atoms with van der Waals surface area (Å²) >= 11 is 1.61. The molecule has 0 bridgehead atoms. The number of fused-ring (bicyclic) bond motifs is 1. The molecular formula is C12H14N2OS. The summed E-state index contributed by atoms with van der Waals surface area (Å²) in [6.07, 6.45) is 1.76. The smallest absolute Gasteiger partial charge is 0.0858 e. The number of anilines is 1. The summed E-state index contributed by atoms with van der Waals surface area (Å²) in [7, 11) is 0. The molecule has 0 spiro atoms. The Balaban J connectivity index is 2.50. The summed E-state index contributed by atoms with van der Waals surface area (Å²) in [5.41, 5.74) is 7.54. The number of nitrogens with two attached hydrogens (primary N) is 1. The third-order valence-corrected chi connectivity index (χ3v) is 3.49. The van der Waals surface area contributed by atoms with E-state index in [0.717, 1.165) is 21.5 Å². The van der Waals surface area contributed by atoms with Crippen molar-refractivity contribution in [2.24, 2.45) is 0 Å². The lowest BCUT2D eigenvalue weighted by Crippen LogP contribution is -2.02. The maximum absolute atomic E-state index is 9.06. The molecule has 0 aliphatic rings. The van der Waals surface area contributed by atoms with Gasteiger partial charge in [-0.1, -0.05) is 6.92 Å². The zero-order chi connectivity index (χ0) is 11.5. The SMILES string of the molecule is CC(CO)Sc1ccc(N)c2cccnc12. The lowest BCUT2D eigenvalue weighted by atomic mass is 10.2. The Kier molecular flexibility index (Phi) is 3.31. The fraction of sp³-hybridized carbons (Fsp3) is 0.250. The Bertz CT molecular complexity index is 501. The molecule has 4 heteroatoms. The lowest BCUT2D eigenvalue weighted by molar-refractivity contribution is 0.300. The van der Waals surface area contributed by atoms with E-state index in [4.69, 9.17) is 10.8 Å². The van der Waals surface area contributed by atoms with Gasteiger partial charge in [0.1, 0.15) is 0 Å². The van der Waals surface area contributed by atoms with Crippen LogP contribution in [0.1, 0.15) is 6.92 Å². The number of hydrogen-bond acceptors (Lipinski definition) is 4. The van der Waals surface area contributed by atoms with Gasteiger partial charge in [-0.15, -0.1) is 11.8 Å². The molecule has 0 aliphatic heterocycles. The molecule has 1 unspecified atom stereocenters. The van der Waals surface area contributed by atoms with Crippen molar-refractivity contribution in [3.8, 4) is 0 Å². The van der Waals surface area contributed by atoms with Crippen molar-refractivity contribution in [2.75, 3.05) is 12.3 Å². The van der Waals surface area contributed by atoms with Gasteiger partial charge < -0.3 is 10.8 Å². The van der Waals surface area contributed by atoms with Crippen LogP contribution in [0.2, 0.25) is 0 Å². The zero-order valence-electron chi connectivity index (χ0n) is 9.05. The summed E-state index contributed by atoms with van der Waals surface area (Å²) in [5, 5.41) is 10.2. The van der Waals surface area contributed by atoms with E-state index < -0.39 is 0 Å². The lowest BCUT2D eigenvalue weighted by Gasteiger charge is -2.10. The van der Waals surface area contributed by atoms with Gasteiger partial charge in [-0.25, -0.2) is 0 Å². The molecule has 1 aromatic carbocycles. The highest BCUT2D eigenvalue weighted by Gasteiger charge is 2.08. The minimum Gasteiger partial charge on any atom is -0.398 e. The van der Waals surface area contributed by atoms with E-state index in [9.17, 15) is 0 Å². The number of thioether (sulfide) groups is 1. The van der Waals surface area contributed by atoms with Crippen LogP contribution < -0.4 is 5.73 Å². The minimum absolute atomic E-state index is 0.156. The maximum atomic E-state index is 9.06. The summed E-state index contributed by atoms with van der Waals surface area (Å²) < 4.78 is 0. The van der Waals surface area contributed by atoms with E-state index in [1.54, 1.807) is 18.0 Å². The van der Waals surface area contributed by atoms with E-state index >= 15 is 0 Å². The first kappa shape index (κ1) is 11.2. The number of aliphatic hydroxyl groups excluding tert-OH is 1. The molecule has 0 amide bonds. The highest BCUT2D eigenvalue weighted by molar-refractivity contribution is 8.00. The predicted molar refractivity (Wildman–Crippen MR) is 68.6 cm³/mol. The summed E-state index contributed by atoms with van der Waals surface area (Å²) in [6.45, 7) is 2.14. The van der Waals surface area contributed by atoms with Gasteiger partial charge in [0, 0.05) is 27.4 Å². The number of aliphatic hydroxyl groups is 1. The molecular weight excluding hydrogens is 220 g/mol. The Morgan fingerprint density at radius 1 is 1.44 bits per heavy atom. The molecule has 0 saturated carbocycles. The Labute approximate surface area is 98.7 Å². The second-order valence-corrected chi connectivity index (χ2v) is 5.14. The second-order valence-electron chi connectivity index (χ2n) is 3.66. The Morgan fingerprint density at radius 3 is 3.00 bits per heavy atom. The first-order valence-corrected chi connectivity index (χ1v) is 6.01. The number of nitrogens with zero attached hydrogens (tertiary/aromatic N) is 1. The van der Waals surface area contributed by atoms with Crippen LogP contribution in [0.3, 0.4) is 0 Å². The van der Waals surface area contributed by atoms with Crippen LogP contribution in [-0.2, 0) is 0 Å². The van der Waals surface area contributed by atoms with Crippen molar-refractivity contribution in [1.29, 1.82) is 0 Å². The molecule has 16 heavy (non-hydrogen) atoms. The molecule has 0 saturated heterocycles. The maximum Gasteiger partial charge on any atom is 0.0858 e. The Hall–Kier alpha value is -1.26. The molecule has 1 heterocycles. The van der Waals surface area contributed by atoms with Gasteiger partial charge in [-0.3, -0.25) is 4.98 Å². The molecule has 0 fully saturated rings. The number of pyridine rings is 1. The van der Waals surface area contributed by atoms with Crippen LogP contribution in [0.15, 0.2) is 35.4 Å².